The van der Waals surface area contributed by atoms with Gasteiger partial charge >= 0.3 is 0 Å². The maximum absolute atomic E-state index is 11.4. The molecular formula is C16H32N2O. The van der Waals surface area contributed by atoms with E-state index in [1.165, 1.54) is 12.8 Å². The van der Waals surface area contributed by atoms with Crippen LogP contribution in [0.5, 0.6) is 0 Å². The molecule has 1 saturated heterocycles. The highest BCUT2D eigenvalue weighted by atomic mass is 16.1. The lowest BCUT2D eigenvalue weighted by atomic mass is 9.77. The summed E-state index contributed by atoms with van der Waals surface area (Å²) in [6.45, 7) is 12.3. The van der Waals surface area contributed by atoms with Crippen LogP contribution in [-0.4, -0.2) is 46.9 Å². The van der Waals surface area contributed by atoms with Gasteiger partial charge in [0.1, 0.15) is 0 Å². The Labute approximate surface area is 119 Å². The average Bonchev–Trinajstić information content (AvgIpc) is 2.31. The SMILES string of the molecule is CCCCCN(C=O)C1CC(C)(C)N(C)C(C)(C)C1. The third kappa shape index (κ3) is 3.95. The summed E-state index contributed by atoms with van der Waals surface area (Å²) in [5.41, 5.74) is 0.302. The van der Waals surface area contributed by atoms with E-state index in [0.717, 1.165) is 32.2 Å². The molecule has 0 unspecified atom stereocenters. The van der Waals surface area contributed by atoms with E-state index < -0.39 is 0 Å². The van der Waals surface area contributed by atoms with Crippen molar-refractivity contribution in [2.24, 2.45) is 0 Å². The van der Waals surface area contributed by atoms with E-state index >= 15 is 0 Å². The van der Waals surface area contributed by atoms with E-state index in [9.17, 15) is 4.79 Å². The molecule has 1 heterocycles. The van der Waals surface area contributed by atoms with Gasteiger partial charge < -0.3 is 4.90 Å². The normalized spacial score (nSPS) is 23.3. The molecule has 19 heavy (non-hydrogen) atoms. The van der Waals surface area contributed by atoms with E-state index in [4.69, 9.17) is 0 Å². The summed E-state index contributed by atoms with van der Waals surface area (Å²) in [5, 5.41) is 0. The molecule has 1 rings (SSSR count). The van der Waals surface area contributed by atoms with Gasteiger partial charge in [-0.2, -0.15) is 0 Å². The topological polar surface area (TPSA) is 23.6 Å². The quantitative estimate of drug-likeness (QED) is 0.545. The van der Waals surface area contributed by atoms with Crippen LogP contribution < -0.4 is 0 Å². The van der Waals surface area contributed by atoms with Gasteiger partial charge in [0.15, 0.2) is 0 Å². The summed E-state index contributed by atoms with van der Waals surface area (Å²) < 4.78 is 0. The Morgan fingerprint density at radius 1 is 1.16 bits per heavy atom. The van der Waals surface area contributed by atoms with Gasteiger partial charge in [-0.3, -0.25) is 9.69 Å². The van der Waals surface area contributed by atoms with Crippen LogP contribution >= 0.6 is 0 Å². The smallest absolute Gasteiger partial charge is 0.209 e. The van der Waals surface area contributed by atoms with Gasteiger partial charge in [0, 0.05) is 23.7 Å². The summed E-state index contributed by atoms with van der Waals surface area (Å²) in [7, 11) is 2.21. The van der Waals surface area contributed by atoms with E-state index in [1.54, 1.807) is 0 Å². The first-order valence-corrected chi connectivity index (χ1v) is 7.69. The van der Waals surface area contributed by atoms with Crippen LogP contribution in [0.25, 0.3) is 0 Å². The number of carbonyl (C=O) groups excluding carboxylic acids is 1. The molecule has 1 aliphatic heterocycles. The van der Waals surface area contributed by atoms with Crippen LogP contribution in [-0.2, 0) is 4.79 Å². The number of amides is 1. The molecule has 0 aliphatic carbocycles. The maximum Gasteiger partial charge on any atom is 0.209 e. The van der Waals surface area contributed by atoms with Crippen LogP contribution in [0.15, 0.2) is 0 Å². The highest BCUT2D eigenvalue weighted by Gasteiger charge is 2.44. The Morgan fingerprint density at radius 3 is 2.11 bits per heavy atom. The van der Waals surface area contributed by atoms with Crippen molar-refractivity contribution in [3.05, 3.63) is 0 Å². The Hall–Kier alpha value is -0.570. The lowest BCUT2D eigenvalue weighted by molar-refractivity contribution is -0.125. The van der Waals surface area contributed by atoms with Gasteiger partial charge in [0.05, 0.1) is 0 Å². The monoisotopic (exact) mass is 268 g/mol. The zero-order valence-corrected chi connectivity index (χ0v) is 13.7. The summed E-state index contributed by atoms with van der Waals surface area (Å²) in [6.07, 6.45) is 6.75. The number of piperidine rings is 1. The van der Waals surface area contributed by atoms with Crippen LogP contribution in [0.1, 0.15) is 66.7 Å². The lowest BCUT2D eigenvalue weighted by Gasteiger charge is -2.55. The lowest BCUT2D eigenvalue weighted by Crippen LogP contribution is -2.62. The molecule has 1 fully saturated rings. The molecule has 0 radical (unpaired) electrons. The molecule has 112 valence electrons. The van der Waals surface area contributed by atoms with Crippen molar-refractivity contribution in [1.82, 2.24) is 9.80 Å². The van der Waals surface area contributed by atoms with Crippen LogP contribution in [0.4, 0.5) is 0 Å². The van der Waals surface area contributed by atoms with Crippen molar-refractivity contribution >= 4 is 6.41 Å². The average molecular weight is 268 g/mol. The molecule has 3 nitrogen and oxygen atoms in total. The fourth-order valence-electron chi connectivity index (χ4n) is 3.42. The largest absolute Gasteiger partial charge is 0.342 e. The predicted molar refractivity (Wildman–Crippen MR) is 81.2 cm³/mol. The summed E-state index contributed by atoms with van der Waals surface area (Å²) in [5.74, 6) is 0. The van der Waals surface area contributed by atoms with E-state index in [-0.39, 0.29) is 11.1 Å². The molecule has 0 saturated carbocycles. The zero-order chi connectivity index (χ0) is 14.7. The molecule has 3 heteroatoms. The fraction of sp³-hybridized carbons (Fsp3) is 0.938. The van der Waals surface area contributed by atoms with Crippen LogP contribution in [0.3, 0.4) is 0 Å². The Balaban J connectivity index is 2.73. The molecule has 0 aromatic rings. The number of hydrogen-bond acceptors (Lipinski definition) is 2. The summed E-state index contributed by atoms with van der Waals surface area (Å²) in [4.78, 5) is 15.9. The second kappa shape index (κ2) is 6.25. The number of carbonyl (C=O) groups is 1. The van der Waals surface area contributed by atoms with Crippen molar-refractivity contribution < 1.29 is 4.79 Å². The molecule has 0 bridgehead atoms. The zero-order valence-electron chi connectivity index (χ0n) is 13.7. The fourth-order valence-corrected chi connectivity index (χ4v) is 3.42. The first-order valence-electron chi connectivity index (χ1n) is 7.69. The molecule has 1 amide bonds. The first-order chi connectivity index (χ1) is 8.74. The van der Waals surface area contributed by atoms with Crippen molar-refractivity contribution in [3.8, 4) is 0 Å². The van der Waals surface area contributed by atoms with Crippen LogP contribution in [0, 0.1) is 0 Å². The van der Waals surface area contributed by atoms with Gasteiger partial charge in [0.2, 0.25) is 6.41 Å². The van der Waals surface area contributed by atoms with Gasteiger partial charge in [0.25, 0.3) is 0 Å². The standard InChI is InChI=1S/C16H32N2O/c1-7-8-9-10-18(13-19)14-11-15(2,3)17(6)16(4,5)12-14/h13-14H,7-12H2,1-6H3. The Morgan fingerprint density at radius 2 is 1.68 bits per heavy atom. The molecule has 0 aromatic carbocycles. The highest BCUT2D eigenvalue weighted by molar-refractivity contribution is 5.48. The van der Waals surface area contributed by atoms with Gasteiger partial charge in [-0.1, -0.05) is 19.8 Å². The third-order valence-electron chi connectivity index (χ3n) is 4.91. The molecule has 1 aliphatic rings. The molecule has 0 atom stereocenters. The minimum absolute atomic E-state index is 0.151. The Kier molecular flexibility index (Phi) is 5.43. The summed E-state index contributed by atoms with van der Waals surface area (Å²) in [6, 6.07) is 0.385. The van der Waals surface area contributed by atoms with Crippen molar-refractivity contribution in [1.29, 1.82) is 0 Å². The van der Waals surface area contributed by atoms with Gasteiger partial charge in [-0.05, 0) is 54.0 Å². The molecule has 0 N–H and O–H groups in total. The van der Waals surface area contributed by atoms with E-state index in [0.29, 0.717) is 6.04 Å². The van der Waals surface area contributed by atoms with Crippen molar-refractivity contribution in [2.45, 2.75) is 83.8 Å². The van der Waals surface area contributed by atoms with Crippen molar-refractivity contribution in [2.75, 3.05) is 13.6 Å². The van der Waals surface area contributed by atoms with E-state index in [1.807, 2.05) is 4.90 Å². The van der Waals surface area contributed by atoms with Gasteiger partial charge in [-0.25, -0.2) is 0 Å². The predicted octanol–water partition coefficient (Wildman–Crippen LogP) is 3.29. The number of hydrogen-bond donors (Lipinski definition) is 0. The third-order valence-corrected chi connectivity index (χ3v) is 4.91. The van der Waals surface area contributed by atoms with E-state index in [2.05, 4.69) is 46.6 Å². The first kappa shape index (κ1) is 16.5. The Bertz CT molecular complexity index is 281. The second-order valence-corrected chi connectivity index (χ2v) is 7.30. The van der Waals surface area contributed by atoms with Crippen LogP contribution in [0.2, 0.25) is 0 Å². The summed E-state index contributed by atoms with van der Waals surface area (Å²) >= 11 is 0. The minimum Gasteiger partial charge on any atom is -0.342 e. The number of rotatable bonds is 6. The number of unbranched alkanes of at least 4 members (excludes halogenated alkanes) is 2. The number of likely N-dealkylation sites (tertiary alicyclic amines) is 1. The van der Waals surface area contributed by atoms with Gasteiger partial charge in [-0.15, -0.1) is 0 Å². The maximum atomic E-state index is 11.4. The highest BCUT2D eigenvalue weighted by Crippen LogP contribution is 2.38. The molecular weight excluding hydrogens is 236 g/mol. The minimum atomic E-state index is 0.151. The molecule has 0 spiro atoms. The molecule has 0 aromatic heterocycles. The number of nitrogens with zero attached hydrogens (tertiary/aromatic N) is 2. The van der Waals surface area contributed by atoms with Crippen molar-refractivity contribution in [3.63, 3.8) is 0 Å². The second-order valence-electron chi connectivity index (χ2n) is 7.30.